The Hall–Kier alpha value is -2.50. The molecule has 0 spiro atoms. The maximum atomic E-state index is 12.8. The van der Waals surface area contributed by atoms with Crippen LogP contribution in [0.25, 0.3) is 0 Å². The highest BCUT2D eigenvalue weighted by Gasteiger charge is 2.25. The molecular weight excluding hydrogens is 385 g/mol. The van der Waals surface area contributed by atoms with E-state index in [0.29, 0.717) is 40.3 Å². The summed E-state index contributed by atoms with van der Waals surface area (Å²) in [5, 5.41) is 8.10. The molecule has 1 aliphatic rings. The second-order valence-electron chi connectivity index (χ2n) is 6.53. The number of rotatable bonds is 4. The monoisotopic (exact) mass is 401 g/mol. The normalized spacial score (nSPS) is 12.9. The van der Waals surface area contributed by atoms with E-state index < -0.39 is 0 Å². The summed E-state index contributed by atoms with van der Waals surface area (Å²) >= 11 is 12.1. The molecule has 0 saturated heterocycles. The molecule has 1 aromatic heterocycles. The number of nitrogens with zero attached hydrogens (tertiary/aromatic N) is 2. The highest BCUT2D eigenvalue weighted by Crippen LogP contribution is 2.32. The average molecular weight is 402 g/mol. The third-order valence-corrected chi connectivity index (χ3v) is 4.97. The maximum absolute atomic E-state index is 12.8. The van der Waals surface area contributed by atoms with Gasteiger partial charge in [0.05, 0.1) is 12.1 Å². The zero-order chi connectivity index (χ0) is 19.0. The van der Waals surface area contributed by atoms with Crippen LogP contribution in [0.15, 0.2) is 42.5 Å². The largest absolute Gasteiger partial charge is 0.453 e. The molecule has 0 saturated carbocycles. The summed E-state index contributed by atoms with van der Waals surface area (Å²) in [7, 11) is 0. The van der Waals surface area contributed by atoms with Crippen molar-refractivity contribution in [2.45, 2.75) is 26.4 Å². The highest BCUT2D eigenvalue weighted by molar-refractivity contribution is 6.34. The molecule has 2 aromatic carbocycles. The van der Waals surface area contributed by atoms with Gasteiger partial charge in [-0.25, -0.2) is 0 Å². The predicted molar refractivity (Wildman–Crippen MR) is 104 cm³/mol. The van der Waals surface area contributed by atoms with E-state index in [-0.39, 0.29) is 12.3 Å². The van der Waals surface area contributed by atoms with Gasteiger partial charge in [0.15, 0.2) is 5.75 Å². The van der Waals surface area contributed by atoms with E-state index in [1.165, 1.54) is 11.1 Å². The van der Waals surface area contributed by atoms with Gasteiger partial charge >= 0.3 is 0 Å². The lowest BCUT2D eigenvalue weighted by Gasteiger charge is -2.15. The topological polar surface area (TPSA) is 58.2 Å². The number of aryl methyl sites for hydroxylation is 1. The van der Waals surface area contributed by atoms with Gasteiger partial charge in [-0.15, -0.1) is 0 Å². The Bertz CT molecular complexity index is 971. The van der Waals surface area contributed by atoms with Gasteiger partial charge in [0, 0.05) is 23.1 Å². The van der Waals surface area contributed by atoms with E-state index in [1.807, 2.05) is 24.0 Å². The molecule has 2 heterocycles. The number of H-pyrrole nitrogens is 1. The SMILES string of the molecule is Cc1[nH]nc(CC(=O)N2Cc3ccccc3C2)c1Oc1cc(Cl)cc(Cl)c1. The number of halogens is 2. The van der Waals surface area contributed by atoms with Crippen molar-refractivity contribution in [2.24, 2.45) is 0 Å². The molecule has 4 rings (SSSR count). The first-order valence-corrected chi connectivity index (χ1v) is 9.27. The minimum absolute atomic E-state index is 0.00618. The second-order valence-corrected chi connectivity index (χ2v) is 7.40. The van der Waals surface area contributed by atoms with Gasteiger partial charge < -0.3 is 9.64 Å². The van der Waals surface area contributed by atoms with Crippen LogP contribution in [0.4, 0.5) is 0 Å². The molecule has 3 aromatic rings. The summed E-state index contributed by atoms with van der Waals surface area (Å²) in [5.74, 6) is 1.03. The average Bonchev–Trinajstić information content (AvgIpc) is 3.19. The van der Waals surface area contributed by atoms with Crippen molar-refractivity contribution in [1.29, 1.82) is 0 Å². The molecule has 0 radical (unpaired) electrons. The van der Waals surface area contributed by atoms with Crippen LogP contribution < -0.4 is 4.74 Å². The summed E-state index contributed by atoms with van der Waals surface area (Å²) in [5.41, 5.74) is 3.67. The van der Waals surface area contributed by atoms with Crippen LogP contribution in [0.1, 0.15) is 22.5 Å². The lowest BCUT2D eigenvalue weighted by atomic mass is 10.1. The molecule has 0 fully saturated rings. The van der Waals surface area contributed by atoms with E-state index in [2.05, 4.69) is 22.3 Å². The van der Waals surface area contributed by atoms with Crippen LogP contribution >= 0.6 is 23.2 Å². The van der Waals surface area contributed by atoms with Crippen molar-refractivity contribution >= 4 is 29.1 Å². The molecule has 5 nitrogen and oxygen atoms in total. The zero-order valence-corrected chi connectivity index (χ0v) is 16.1. The second kappa shape index (κ2) is 7.25. The van der Waals surface area contributed by atoms with Crippen molar-refractivity contribution in [3.8, 4) is 11.5 Å². The number of aromatic amines is 1. The lowest BCUT2D eigenvalue weighted by molar-refractivity contribution is -0.131. The predicted octanol–water partition coefficient (Wildman–Crippen LogP) is 4.90. The maximum Gasteiger partial charge on any atom is 0.229 e. The van der Waals surface area contributed by atoms with E-state index in [1.54, 1.807) is 18.2 Å². The van der Waals surface area contributed by atoms with Crippen LogP contribution in [0.3, 0.4) is 0 Å². The van der Waals surface area contributed by atoms with Crippen molar-refractivity contribution in [1.82, 2.24) is 15.1 Å². The van der Waals surface area contributed by atoms with E-state index in [0.717, 1.165) is 5.69 Å². The number of hydrogen-bond acceptors (Lipinski definition) is 3. The number of fused-ring (bicyclic) bond motifs is 1. The summed E-state index contributed by atoms with van der Waals surface area (Å²) in [6.45, 7) is 3.09. The fourth-order valence-electron chi connectivity index (χ4n) is 3.19. The summed E-state index contributed by atoms with van der Waals surface area (Å²) in [6, 6.07) is 13.1. The van der Waals surface area contributed by atoms with Crippen LogP contribution in [0.2, 0.25) is 10.0 Å². The van der Waals surface area contributed by atoms with Gasteiger partial charge in [-0.3, -0.25) is 9.89 Å². The first-order valence-electron chi connectivity index (χ1n) is 8.52. The molecule has 7 heteroatoms. The van der Waals surface area contributed by atoms with Gasteiger partial charge in [-0.05, 0) is 36.2 Å². The zero-order valence-electron chi connectivity index (χ0n) is 14.6. The number of carbonyl (C=O) groups excluding carboxylic acids is 1. The number of benzene rings is 2. The van der Waals surface area contributed by atoms with Crippen molar-refractivity contribution in [3.63, 3.8) is 0 Å². The Balaban J connectivity index is 1.51. The molecule has 0 unspecified atom stereocenters. The van der Waals surface area contributed by atoms with E-state index in [9.17, 15) is 4.79 Å². The molecular formula is C20H17Cl2N3O2. The van der Waals surface area contributed by atoms with Crippen LogP contribution in [-0.4, -0.2) is 21.0 Å². The first-order chi connectivity index (χ1) is 13.0. The Morgan fingerprint density at radius 2 is 1.78 bits per heavy atom. The molecule has 0 aliphatic carbocycles. The summed E-state index contributed by atoms with van der Waals surface area (Å²) in [6.07, 6.45) is 0.155. The van der Waals surface area contributed by atoms with Crippen LogP contribution in [0.5, 0.6) is 11.5 Å². The van der Waals surface area contributed by atoms with Crippen LogP contribution in [0, 0.1) is 6.92 Å². The smallest absolute Gasteiger partial charge is 0.229 e. The number of aromatic nitrogens is 2. The van der Waals surface area contributed by atoms with Gasteiger partial charge in [0.25, 0.3) is 0 Å². The van der Waals surface area contributed by atoms with Crippen molar-refractivity contribution < 1.29 is 9.53 Å². The molecule has 138 valence electrons. The van der Waals surface area contributed by atoms with E-state index in [4.69, 9.17) is 27.9 Å². The summed E-state index contributed by atoms with van der Waals surface area (Å²) < 4.78 is 5.93. The molecule has 1 aliphatic heterocycles. The number of nitrogens with one attached hydrogen (secondary N) is 1. The number of amides is 1. The third kappa shape index (κ3) is 3.80. The van der Waals surface area contributed by atoms with Gasteiger partial charge in [0.2, 0.25) is 5.91 Å². The quantitative estimate of drug-likeness (QED) is 0.675. The Morgan fingerprint density at radius 1 is 1.15 bits per heavy atom. The third-order valence-electron chi connectivity index (χ3n) is 4.53. The molecule has 1 N–H and O–H groups in total. The lowest BCUT2D eigenvalue weighted by Crippen LogP contribution is -2.27. The highest BCUT2D eigenvalue weighted by atomic mass is 35.5. The number of carbonyl (C=O) groups is 1. The first kappa shape index (κ1) is 17.9. The molecule has 1 amide bonds. The molecule has 27 heavy (non-hydrogen) atoms. The van der Waals surface area contributed by atoms with Crippen molar-refractivity contribution in [2.75, 3.05) is 0 Å². The van der Waals surface area contributed by atoms with Crippen molar-refractivity contribution in [3.05, 3.63) is 75.0 Å². The molecule has 0 atom stereocenters. The van der Waals surface area contributed by atoms with Crippen LogP contribution in [-0.2, 0) is 24.3 Å². The fourth-order valence-corrected chi connectivity index (χ4v) is 3.70. The van der Waals surface area contributed by atoms with Gasteiger partial charge in [-0.1, -0.05) is 47.5 Å². The molecule has 0 bridgehead atoms. The van der Waals surface area contributed by atoms with Gasteiger partial charge in [0.1, 0.15) is 11.4 Å². The standard InChI is InChI=1S/C20H17Cl2N3O2/c1-12-20(27-17-7-15(21)6-16(22)8-17)18(24-23-12)9-19(26)25-10-13-4-2-3-5-14(13)11-25/h2-8H,9-11H2,1H3,(H,23,24). The number of ether oxygens (including phenoxy) is 1. The Morgan fingerprint density at radius 3 is 2.41 bits per heavy atom. The minimum atomic E-state index is 0.00618. The van der Waals surface area contributed by atoms with E-state index >= 15 is 0 Å². The Kier molecular flexibility index (Phi) is 4.81. The minimum Gasteiger partial charge on any atom is -0.453 e. The summed E-state index contributed by atoms with van der Waals surface area (Å²) in [4.78, 5) is 14.6. The number of hydrogen-bond donors (Lipinski definition) is 1. The van der Waals surface area contributed by atoms with Gasteiger partial charge in [-0.2, -0.15) is 5.10 Å². The Labute approximate surface area is 166 Å². The fraction of sp³-hybridized carbons (Fsp3) is 0.200.